The monoisotopic (exact) mass is 377 g/mol. The number of benzene rings is 2. The Morgan fingerprint density at radius 2 is 1.58 bits per heavy atom. The van der Waals surface area contributed by atoms with Crippen molar-refractivity contribution in [2.45, 2.75) is 5.75 Å². The number of carbonyl (C=O) groups is 1. The maximum absolute atomic E-state index is 12.9. The van der Waals surface area contributed by atoms with E-state index in [9.17, 15) is 17.6 Å². The first-order chi connectivity index (χ1) is 12.4. The first kappa shape index (κ1) is 18.3. The highest BCUT2D eigenvalue weighted by atomic mass is 32.2. The van der Waals surface area contributed by atoms with E-state index in [1.165, 1.54) is 28.6 Å². The zero-order chi connectivity index (χ0) is 18.6. The van der Waals surface area contributed by atoms with Gasteiger partial charge in [-0.2, -0.15) is 4.31 Å². The van der Waals surface area contributed by atoms with Crippen molar-refractivity contribution >= 4 is 21.7 Å². The van der Waals surface area contributed by atoms with Crippen molar-refractivity contribution in [3.8, 4) is 0 Å². The number of sulfonamides is 1. The standard InChI is InChI=1S/C18H20FN3O3S/c19-16-8-6-15(7-9-16)14-26(24,25)22-12-10-21(11-13-22)18(23)20-17-4-2-1-3-5-17/h1-9H,10-14H2,(H,20,23). The second kappa shape index (κ2) is 7.84. The molecule has 0 spiro atoms. The molecule has 0 atom stereocenters. The number of nitrogens with one attached hydrogen (secondary N) is 1. The average Bonchev–Trinajstić information content (AvgIpc) is 2.64. The quantitative estimate of drug-likeness (QED) is 0.890. The maximum atomic E-state index is 12.9. The van der Waals surface area contributed by atoms with Gasteiger partial charge in [-0.05, 0) is 29.8 Å². The molecule has 0 bridgehead atoms. The van der Waals surface area contributed by atoms with E-state index in [2.05, 4.69) is 5.32 Å². The van der Waals surface area contributed by atoms with Crippen LogP contribution in [0.3, 0.4) is 0 Å². The van der Waals surface area contributed by atoms with Crippen LogP contribution in [0.1, 0.15) is 5.56 Å². The summed E-state index contributed by atoms with van der Waals surface area (Å²) < 4.78 is 39.4. The summed E-state index contributed by atoms with van der Waals surface area (Å²) >= 11 is 0. The van der Waals surface area contributed by atoms with Gasteiger partial charge in [-0.15, -0.1) is 0 Å². The highest BCUT2D eigenvalue weighted by molar-refractivity contribution is 7.88. The van der Waals surface area contributed by atoms with Crippen molar-refractivity contribution in [3.05, 3.63) is 66.0 Å². The third-order valence-corrected chi connectivity index (χ3v) is 6.06. The number of urea groups is 1. The Bertz CT molecular complexity index is 849. The Kier molecular flexibility index (Phi) is 5.53. The van der Waals surface area contributed by atoms with Gasteiger partial charge in [-0.25, -0.2) is 17.6 Å². The minimum absolute atomic E-state index is 0.177. The second-order valence-corrected chi connectivity index (χ2v) is 8.03. The Balaban J connectivity index is 1.55. The fourth-order valence-corrected chi connectivity index (χ4v) is 4.29. The lowest BCUT2D eigenvalue weighted by Crippen LogP contribution is -2.51. The van der Waals surface area contributed by atoms with Crippen LogP contribution in [0.4, 0.5) is 14.9 Å². The van der Waals surface area contributed by atoms with Crippen molar-refractivity contribution in [1.82, 2.24) is 9.21 Å². The van der Waals surface area contributed by atoms with Crippen LogP contribution in [0.2, 0.25) is 0 Å². The molecule has 0 radical (unpaired) electrons. The molecule has 3 rings (SSSR count). The molecule has 2 aromatic carbocycles. The van der Waals surface area contributed by atoms with Crippen LogP contribution in [-0.2, 0) is 15.8 Å². The zero-order valence-corrected chi connectivity index (χ0v) is 15.0. The Morgan fingerprint density at radius 3 is 2.19 bits per heavy atom. The van der Waals surface area contributed by atoms with Crippen LogP contribution in [0.5, 0.6) is 0 Å². The van der Waals surface area contributed by atoms with Gasteiger partial charge in [0.25, 0.3) is 0 Å². The molecule has 1 aliphatic heterocycles. The van der Waals surface area contributed by atoms with Gasteiger partial charge in [0.2, 0.25) is 10.0 Å². The molecular formula is C18H20FN3O3S. The summed E-state index contributed by atoms with van der Waals surface area (Å²) in [7, 11) is -3.50. The summed E-state index contributed by atoms with van der Waals surface area (Å²) in [5, 5.41) is 2.79. The molecular weight excluding hydrogens is 357 g/mol. The fraction of sp³-hybridized carbons (Fsp3) is 0.278. The van der Waals surface area contributed by atoms with Gasteiger partial charge in [0, 0.05) is 31.9 Å². The van der Waals surface area contributed by atoms with Gasteiger partial charge < -0.3 is 10.2 Å². The topological polar surface area (TPSA) is 69.7 Å². The summed E-state index contributed by atoms with van der Waals surface area (Å²) in [4.78, 5) is 13.9. The van der Waals surface area contributed by atoms with E-state index in [-0.39, 0.29) is 24.9 Å². The first-order valence-corrected chi connectivity index (χ1v) is 9.88. The van der Waals surface area contributed by atoms with Crippen molar-refractivity contribution in [1.29, 1.82) is 0 Å². The normalized spacial score (nSPS) is 15.7. The third-order valence-electron chi connectivity index (χ3n) is 4.21. The average molecular weight is 377 g/mol. The fourth-order valence-electron chi connectivity index (χ4n) is 2.78. The van der Waals surface area contributed by atoms with Crippen molar-refractivity contribution in [3.63, 3.8) is 0 Å². The molecule has 1 N–H and O–H groups in total. The van der Waals surface area contributed by atoms with Crippen molar-refractivity contribution in [2.75, 3.05) is 31.5 Å². The number of amides is 2. The second-order valence-electron chi connectivity index (χ2n) is 6.06. The number of carbonyl (C=O) groups excluding carboxylic acids is 1. The van der Waals surface area contributed by atoms with E-state index in [1.54, 1.807) is 17.0 Å². The molecule has 0 unspecified atom stereocenters. The lowest BCUT2D eigenvalue weighted by atomic mass is 10.2. The predicted octanol–water partition coefficient (Wildman–Crippen LogP) is 2.51. The summed E-state index contributed by atoms with van der Waals surface area (Å²) in [5.74, 6) is -0.576. The molecule has 138 valence electrons. The Hall–Kier alpha value is -2.45. The van der Waals surface area contributed by atoms with E-state index >= 15 is 0 Å². The van der Waals surface area contributed by atoms with Crippen LogP contribution in [0.15, 0.2) is 54.6 Å². The Labute approximate surface area is 152 Å². The molecule has 1 fully saturated rings. The lowest BCUT2D eigenvalue weighted by Gasteiger charge is -2.34. The molecule has 8 heteroatoms. The smallest absolute Gasteiger partial charge is 0.321 e. The highest BCUT2D eigenvalue weighted by Gasteiger charge is 2.29. The number of piperazine rings is 1. The number of halogens is 1. The largest absolute Gasteiger partial charge is 0.322 e. The summed E-state index contributed by atoms with van der Waals surface area (Å²) in [6.07, 6.45) is 0. The number of hydrogen-bond acceptors (Lipinski definition) is 3. The van der Waals surface area contributed by atoms with Crippen LogP contribution in [-0.4, -0.2) is 49.8 Å². The maximum Gasteiger partial charge on any atom is 0.321 e. The predicted molar refractivity (Wildman–Crippen MR) is 97.6 cm³/mol. The summed E-state index contributed by atoms with van der Waals surface area (Å²) in [6.45, 7) is 1.13. The molecule has 1 saturated heterocycles. The van der Waals surface area contributed by atoms with E-state index in [1.807, 2.05) is 18.2 Å². The van der Waals surface area contributed by atoms with Crippen LogP contribution >= 0.6 is 0 Å². The highest BCUT2D eigenvalue weighted by Crippen LogP contribution is 2.15. The zero-order valence-electron chi connectivity index (χ0n) is 14.1. The SMILES string of the molecule is O=C(Nc1ccccc1)N1CCN(S(=O)(=O)Cc2ccc(F)cc2)CC1. The minimum atomic E-state index is -3.50. The minimum Gasteiger partial charge on any atom is -0.322 e. The van der Waals surface area contributed by atoms with Crippen molar-refractivity contribution in [2.24, 2.45) is 0 Å². The molecule has 6 nitrogen and oxygen atoms in total. The van der Waals surface area contributed by atoms with Crippen LogP contribution < -0.4 is 5.32 Å². The van der Waals surface area contributed by atoms with E-state index in [0.29, 0.717) is 24.3 Å². The van der Waals surface area contributed by atoms with Crippen LogP contribution in [0.25, 0.3) is 0 Å². The van der Waals surface area contributed by atoms with Gasteiger partial charge in [0.15, 0.2) is 0 Å². The number of hydrogen-bond donors (Lipinski definition) is 1. The summed E-state index contributed by atoms with van der Waals surface area (Å²) in [6, 6.07) is 14.3. The molecule has 0 saturated carbocycles. The first-order valence-electron chi connectivity index (χ1n) is 8.27. The van der Waals surface area contributed by atoms with Gasteiger partial charge >= 0.3 is 6.03 Å². The molecule has 2 aromatic rings. The molecule has 1 heterocycles. The van der Waals surface area contributed by atoms with E-state index < -0.39 is 15.8 Å². The number of nitrogens with zero attached hydrogens (tertiary/aromatic N) is 2. The molecule has 0 aliphatic carbocycles. The number of anilines is 1. The number of rotatable bonds is 4. The van der Waals surface area contributed by atoms with E-state index in [4.69, 9.17) is 0 Å². The van der Waals surface area contributed by atoms with Gasteiger partial charge in [0.1, 0.15) is 5.82 Å². The molecule has 26 heavy (non-hydrogen) atoms. The third kappa shape index (κ3) is 4.59. The Morgan fingerprint density at radius 1 is 0.962 bits per heavy atom. The molecule has 0 aromatic heterocycles. The molecule has 2 amide bonds. The van der Waals surface area contributed by atoms with Gasteiger partial charge in [-0.3, -0.25) is 0 Å². The van der Waals surface area contributed by atoms with E-state index in [0.717, 1.165) is 0 Å². The van der Waals surface area contributed by atoms with Crippen molar-refractivity contribution < 1.29 is 17.6 Å². The van der Waals surface area contributed by atoms with Gasteiger partial charge in [0.05, 0.1) is 5.75 Å². The summed E-state index contributed by atoms with van der Waals surface area (Å²) in [5.41, 5.74) is 1.24. The van der Waals surface area contributed by atoms with Gasteiger partial charge in [-0.1, -0.05) is 30.3 Å². The number of para-hydroxylation sites is 1. The molecule has 1 aliphatic rings. The van der Waals surface area contributed by atoms with Crippen LogP contribution in [0, 0.1) is 5.82 Å². The lowest BCUT2D eigenvalue weighted by molar-refractivity contribution is 0.184.